The van der Waals surface area contributed by atoms with Crippen LogP contribution in [-0.4, -0.2) is 16.6 Å². The van der Waals surface area contributed by atoms with Gasteiger partial charge in [-0.25, -0.2) is 4.39 Å². The molecule has 0 aliphatic rings. The molecule has 0 N–H and O–H groups in total. The van der Waals surface area contributed by atoms with E-state index in [2.05, 4.69) is 29.3 Å². The molecule has 0 spiro atoms. The van der Waals surface area contributed by atoms with Gasteiger partial charge in [0, 0.05) is 18.1 Å². The number of hydrogen-bond donors (Lipinski definition) is 0. The molecule has 0 saturated heterocycles. The summed E-state index contributed by atoms with van der Waals surface area (Å²) in [4.78, 5) is 17.2. The van der Waals surface area contributed by atoms with Crippen LogP contribution in [0, 0.1) is 12.7 Å². The van der Waals surface area contributed by atoms with Crippen LogP contribution in [-0.2, 0) is 11.3 Å². The van der Waals surface area contributed by atoms with E-state index in [-0.39, 0.29) is 11.7 Å². The van der Waals surface area contributed by atoms with Crippen molar-refractivity contribution in [1.29, 1.82) is 0 Å². The molecule has 1 atom stereocenters. The minimum atomic E-state index is -0.754. The SMILES string of the molecule is Cc1ccc(Cn2ccsc2=NC(=O)[C@@H](C)Oc2ccc(F)cc2)cc1. The van der Waals surface area contributed by atoms with Crippen molar-refractivity contribution in [2.24, 2.45) is 4.99 Å². The van der Waals surface area contributed by atoms with E-state index in [1.165, 1.54) is 41.2 Å². The van der Waals surface area contributed by atoms with Crippen molar-refractivity contribution in [1.82, 2.24) is 4.57 Å². The summed E-state index contributed by atoms with van der Waals surface area (Å²) in [6.45, 7) is 4.32. The molecule has 134 valence electrons. The molecule has 1 heterocycles. The number of aryl methyl sites for hydroxylation is 1. The Morgan fingerprint density at radius 1 is 1.19 bits per heavy atom. The Morgan fingerprint density at radius 2 is 1.88 bits per heavy atom. The average molecular weight is 370 g/mol. The van der Waals surface area contributed by atoms with Crippen molar-refractivity contribution >= 4 is 17.2 Å². The molecular weight excluding hydrogens is 351 g/mol. The Morgan fingerprint density at radius 3 is 2.58 bits per heavy atom. The Bertz CT molecular complexity index is 943. The summed E-state index contributed by atoms with van der Waals surface area (Å²) < 4.78 is 20.4. The van der Waals surface area contributed by atoms with Crippen molar-refractivity contribution in [2.75, 3.05) is 0 Å². The molecule has 0 aliphatic heterocycles. The number of nitrogens with zero attached hydrogens (tertiary/aromatic N) is 2. The molecule has 0 unspecified atom stereocenters. The number of hydrogen-bond acceptors (Lipinski definition) is 3. The number of benzene rings is 2. The fourth-order valence-electron chi connectivity index (χ4n) is 2.35. The molecule has 0 bridgehead atoms. The Hall–Kier alpha value is -2.73. The summed E-state index contributed by atoms with van der Waals surface area (Å²) in [6.07, 6.45) is 1.15. The second-order valence-electron chi connectivity index (χ2n) is 5.96. The van der Waals surface area contributed by atoms with Crippen molar-refractivity contribution in [3.8, 4) is 5.75 Å². The van der Waals surface area contributed by atoms with Gasteiger partial charge in [-0.3, -0.25) is 4.79 Å². The van der Waals surface area contributed by atoms with Crippen LogP contribution in [0.1, 0.15) is 18.1 Å². The zero-order valence-electron chi connectivity index (χ0n) is 14.6. The van der Waals surface area contributed by atoms with E-state index in [0.717, 1.165) is 5.56 Å². The molecule has 1 aromatic heterocycles. The molecule has 26 heavy (non-hydrogen) atoms. The molecule has 6 heteroatoms. The highest BCUT2D eigenvalue weighted by Gasteiger charge is 2.14. The van der Waals surface area contributed by atoms with E-state index in [0.29, 0.717) is 17.1 Å². The first-order chi connectivity index (χ1) is 12.5. The van der Waals surface area contributed by atoms with Gasteiger partial charge >= 0.3 is 0 Å². The lowest BCUT2D eigenvalue weighted by molar-refractivity contribution is -0.124. The third-order valence-electron chi connectivity index (χ3n) is 3.81. The zero-order valence-corrected chi connectivity index (χ0v) is 15.4. The second kappa shape index (κ2) is 8.10. The van der Waals surface area contributed by atoms with Gasteiger partial charge in [-0.15, -0.1) is 11.3 Å². The molecule has 3 aromatic rings. The molecule has 0 saturated carbocycles. The number of halogens is 1. The van der Waals surface area contributed by atoms with Gasteiger partial charge in [-0.05, 0) is 43.7 Å². The van der Waals surface area contributed by atoms with E-state index < -0.39 is 6.10 Å². The molecule has 0 radical (unpaired) electrons. The van der Waals surface area contributed by atoms with Crippen LogP contribution in [0.4, 0.5) is 4.39 Å². The third-order valence-corrected chi connectivity index (χ3v) is 4.61. The standard InChI is InChI=1S/C20H19FN2O2S/c1-14-3-5-16(6-4-14)13-23-11-12-26-20(23)22-19(24)15(2)25-18-9-7-17(21)8-10-18/h3-12,15H,13H2,1-2H3/t15-/m1/s1. The quantitative estimate of drug-likeness (QED) is 0.683. The Labute approximate surface area is 155 Å². The first-order valence-electron chi connectivity index (χ1n) is 8.21. The van der Waals surface area contributed by atoms with E-state index in [9.17, 15) is 9.18 Å². The Balaban J connectivity index is 1.72. The first kappa shape index (κ1) is 18.1. The number of ether oxygens (including phenoxy) is 1. The summed E-state index contributed by atoms with van der Waals surface area (Å²) in [7, 11) is 0. The summed E-state index contributed by atoms with van der Waals surface area (Å²) in [5, 5.41) is 1.89. The predicted molar refractivity (Wildman–Crippen MR) is 99.7 cm³/mol. The fourth-order valence-corrected chi connectivity index (χ4v) is 3.08. The van der Waals surface area contributed by atoms with Crippen molar-refractivity contribution in [3.05, 3.63) is 81.9 Å². The van der Waals surface area contributed by atoms with Gasteiger partial charge in [-0.1, -0.05) is 29.8 Å². The van der Waals surface area contributed by atoms with Crippen molar-refractivity contribution in [3.63, 3.8) is 0 Å². The molecule has 3 rings (SSSR count). The first-order valence-corrected chi connectivity index (χ1v) is 9.09. The molecule has 0 aliphatic carbocycles. The minimum Gasteiger partial charge on any atom is -0.481 e. The fraction of sp³-hybridized carbons (Fsp3) is 0.200. The number of carbonyl (C=O) groups excluding carboxylic acids is 1. The van der Waals surface area contributed by atoms with Crippen LogP contribution in [0.25, 0.3) is 0 Å². The second-order valence-corrected chi connectivity index (χ2v) is 6.84. The number of amides is 1. The molecular formula is C20H19FN2O2S. The molecule has 2 aromatic carbocycles. The maximum atomic E-state index is 12.9. The highest BCUT2D eigenvalue weighted by atomic mass is 32.1. The summed E-state index contributed by atoms with van der Waals surface area (Å²) in [5.41, 5.74) is 2.34. The lowest BCUT2D eigenvalue weighted by Crippen LogP contribution is -2.26. The van der Waals surface area contributed by atoms with Gasteiger partial charge in [0.2, 0.25) is 0 Å². The number of thiazole rings is 1. The summed E-state index contributed by atoms with van der Waals surface area (Å²) in [6, 6.07) is 13.8. The van der Waals surface area contributed by atoms with Gasteiger partial charge < -0.3 is 9.30 Å². The van der Waals surface area contributed by atoms with Gasteiger partial charge in [-0.2, -0.15) is 4.99 Å². The van der Waals surface area contributed by atoms with Crippen LogP contribution in [0.2, 0.25) is 0 Å². The molecule has 4 nitrogen and oxygen atoms in total. The summed E-state index contributed by atoms with van der Waals surface area (Å²) >= 11 is 1.40. The van der Waals surface area contributed by atoms with Crippen LogP contribution in [0.5, 0.6) is 5.75 Å². The Kier molecular flexibility index (Phi) is 5.63. The minimum absolute atomic E-state index is 0.350. The van der Waals surface area contributed by atoms with E-state index in [1.807, 2.05) is 23.1 Å². The largest absolute Gasteiger partial charge is 0.481 e. The smallest absolute Gasteiger partial charge is 0.289 e. The average Bonchev–Trinajstić information content (AvgIpc) is 3.05. The van der Waals surface area contributed by atoms with Crippen LogP contribution >= 0.6 is 11.3 Å². The maximum absolute atomic E-state index is 12.9. The highest BCUT2D eigenvalue weighted by Crippen LogP contribution is 2.13. The third kappa shape index (κ3) is 4.67. The number of rotatable bonds is 5. The maximum Gasteiger partial charge on any atom is 0.289 e. The van der Waals surface area contributed by atoms with Gasteiger partial charge in [0.15, 0.2) is 10.9 Å². The summed E-state index contributed by atoms with van der Waals surface area (Å²) in [5.74, 6) is -0.299. The normalized spacial score (nSPS) is 12.8. The molecule has 0 fully saturated rings. The number of aromatic nitrogens is 1. The number of carbonyl (C=O) groups is 1. The van der Waals surface area contributed by atoms with Crippen LogP contribution < -0.4 is 9.54 Å². The van der Waals surface area contributed by atoms with E-state index >= 15 is 0 Å². The van der Waals surface area contributed by atoms with Crippen LogP contribution in [0.15, 0.2) is 65.1 Å². The van der Waals surface area contributed by atoms with Gasteiger partial charge in [0.05, 0.1) is 0 Å². The lowest BCUT2D eigenvalue weighted by atomic mass is 10.1. The monoisotopic (exact) mass is 370 g/mol. The van der Waals surface area contributed by atoms with Crippen LogP contribution in [0.3, 0.4) is 0 Å². The lowest BCUT2D eigenvalue weighted by Gasteiger charge is -2.11. The topological polar surface area (TPSA) is 43.6 Å². The predicted octanol–water partition coefficient (Wildman–Crippen LogP) is 3.94. The van der Waals surface area contributed by atoms with E-state index in [1.54, 1.807) is 6.92 Å². The van der Waals surface area contributed by atoms with Crippen molar-refractivity contribution < 1.29 is 13.9 Å². The van der Waals surface area contributed by atoms with Gasteiger partial charge in [0.25, 0.3) is 5.91 Å². The highest BCUT2D eigenvalue weighted by molar-refractivity contribution is 7.07. The van der Waals surface area contributed by atoms with E-state index in [4.69, 9.17) is 4.74 Å². The molecule has 1 amide bonds. The zero-order chi connectivity index (χ0) is 18.5. The van der Waals surface area contributed by atoms with Crippen molar-refractivity contribution in [2.45, 2.75) is 26.5 Å². The van der Waals surface area contributed by atoms with Gasteiger partial charge in [0.1, 0.15) is 11.6 Å².